The fraction of sp³-hybridized carbons (Fsp3) is 0.316. The lowest BCUT2D eigenvalue weighted by molar-refractivity contribution is 0.139. The van der Waals surface area contributed by atoms with E-state index in [1.807, 2.05) is 6.92 Å². The molecule has 0 saturated carbocycles. The predicted molar refractivity (Wildman–Crippen MR) is 102 cm³/mol. The third kappa shape index (κ3) is 5.98. The van der Waals surface area contributed by atoms with Crippen LogP contribution in [0.15, 0.2) is 42.7 Å². The topological polar surface area (TPSA) is 110 Å². The van der Waals surface area contributed by atoms with E-state index in [4.69, 9.17) is 15.6 Å². The van der Waals surface area contributed by atoms with Gasteiger partial charge in [-0.2, -0.15) is 0 Å². The molecule has 2 rings (SSSR count). The molecule has 1 amide bonds. The van der Waals surface area contributed by atoms with Crippen molar-refractivity contribution in [3.8, 4) is 17.0 Å². The second kappa shape index (κ2) is 8.75. The van der Waals surface area contributed by atoms with Crippen molar-refractivity contribution in [2.24, 2.45) is 5.73 Å². The summed E-state index contributed by atoms with van der Waals surface area (Å²) in [4.78, 5) is 18.6. The number of nitrogens with one attached hydrogen (secondary N) is 1. The van der Waals surface area contributed by atoms with Crippen molar-refractivity contribution >= 4 is 11.9 Å². The Kier molecular flexibility index (Phi) is 6.63. The summed E-state index contributed by atoms with van der Waals surface area (Å²) in [6.07, 6.45) is -0.880. The number of rotatable bonds is 8. The van der Waals surface area contributed by atoms with Crippen LogP contribution in [-0.2, 0) is 0 Å². The Morgan fingerprint density at radius 3 is 2.71 bits per heavy atom. The number of nitrogens with two attached hydrogens (primary N) is 1. The summed E-state index contributed by atoms with van der Waals surface area (Å²) >= 11 is 0. The van der Waals surface area contributed by atoms with Crippen LogP contribution in [0.25, 0.3) is 11.1 Å². The lowest BCUT2D eigenvalue weighted by Gasteiger charge is -2.25. The minimum atomic E-state index is -2.81. The van der Waals surface area contributed by atoms with Gasteiger partial charge in [0.15, 0.2) is 0 Å². The van der Waals surface area contributed by atoms with Gasteiger partial charge in [-0.1, -0.05) is 5.57 Å². The van der Waals surface area contributed by atoms with Crippen LogP contribution in [0.1, 0.15) is 32.3 Å². The van der Waals surface area contributed by atoms with E-state index in [0.29, 0.717) is 17.5 Å². The van der Waals surface area contributed by atoms with Crippen molar-refractivity contribution in [3.63, 3.8) is 0 Å². The molecule has 0 radical (unpaired) electrons. The molecular weight excluding hydrogens is 370 g/mol. The van der Waals surface area contributed by atoms with Crippen LogP contribution in [0.5, 0.6) is 5.88 Å². The molecule has 150 valence electrons. The van der Waals surface area contributed by atoms with Gasteiger partial charge in [-0.25, -0.2) is 23.5 Å². The number of anilines is 1. The van der Waals surface area contributed by atoms with Crippen molar-refractivity contribution in [1.82, 2.24) is 9.97 Å². The average Bonchev–Trinajstić information content (AvgIpc) is 2.58. The Morgan fingerprint density at radius 2 is 2.11 bits per heavy atom. The van der Waals surface area contributed by atoms with Crippen molar-refractivity contribution in [2.75, 3.05) is 11.9 Å². The summed E-state index contributed by atoms with van der Waals surface area (Å²) in [5.41, 5.74) is 6.66. The number of alkyl halides is 2. The predicted octanol–water partition coefficient (Wildman–Crippen LogP) is 4.23. The molecule has 0 aliphatic carbocycles. The highest BCUT2D eigenvalue weighted by molar-refractivity contribution is 5.82. The summed E-state index contributed by atoms with van der Waals surface area (Å²) in [6.45, 7) is 7.35. The van der Waals surface area contributed by atoms with Crippen LogP contribution in [0.2, 0.25) is 0 Å². The Labute approximate surface area is 161 Å². The van der Waals surface area contributed by atoms with E-state index < -0.39 is 18.1 Å². The molecule has 1 atom stereocenters. The molecule has 2 aromatic heterocycles. The van der Waals surface area contributed by atoms with Crippen LogP contribution in [0.3, 0.4) is 0 Å². The molecule has 0 bridgehead atoms. The number of ether oxygens (including phenoxy) is 1. The normalized spacial score (nSPS) is 13.1. The third-order valence-electron chi connectivity index (χ3n) is 3.69. The van der Waals surface area contributed by atoms with Crippen molar-refractivity contribution in [2.45, 2.75) is 32.2 Å². The molecule has 7 nitrogen and oxygen atoms in total. The van der Waals surface area contributed by atoms with Gasteiger partial charge in [0.1, 0.15) is 12.4 Å². The monoisotopic (exact) mass is 392 g/mol. The standard InChI is InChI=1S/C19H22F2N4O3/c1-11(2)8-19(3,22)10-28-17-14(16(20)21)6-13(9-24-17)12-4-5-23-15(7-12)25-18(26)27/h4-7,9,16H,1,8,10,22H2,2-3H3,(H,23,25)(H,26,27)/t19-/m0/s1. The van der Waals surface area contributed by atoms with E-state index in [2.05, 4.69) is 21.9 Å². The van der Waals surface area contributed by atoms with Gasteiger partial charge in [0.2, 0.25) is 5.88 Å². The maximum atomic E-state index is 13.5. The Balaban J connectivity index is 2.28. The molecule has 0 aliphatic rings. The number of pyridine rings is 2. The first-order valence-electron chi connectivity index (χ1n) is 8.38. The lowest BCUT2D eigenvalue weighted by Crippen LogP contribution is -2.42. The number of hydrogen-bond acceptors (Lipinski definition) is 5. The number of carbonyl (C=O) groups is 1. The van der Waals surface area contributed by atoms with Gasteiger partial charge in [-0.3, -0.25) is 5.32 Å². The SMILES string of the molecule is C=C(C)C[C@](C)(N)COc1ncc(-c2ccnc(NC(=O)O)c2)cc1C(F)F. The quantitative estimate of drug-likeness (QED) is 0.580. The van der Waals surface area contributed by atoms with Crippen LogP contribution < -0.4 is 15.8 Å². The molecule has 4 N–H and O–H groups in total. The van der Waals surface area contributed by atoms with Crippen LogP contribution in [0, 0.1) is 0 Å². The van der Waals surface area contributed by atoms with Crippen LogP contribution in [-0.4, -0.2) is 33.3 Å². The van der Waals surface area contributed by atoms with Gasteiger partial charge < -0.3 is 15.6 Å². The number of carboxylic acid groups (broad SMARTS) is 1. The number of aromatic nitrogens is 2. The van der Waals surface area contributed by atoms with Crippen LogP contribution >= 0.6 is 0 Å². The number of nitrogens with zero attached hydrogens (tertiary/aromatic N) is 2. The molecule has 0 unspecified atom stereocenters. The first-order chi connectivity index (χ1) is 13.1. The maximum absolute atomic E-state index is 13.5. The zero-order valence-corrected chi connectivity index (χ0v) is 15.6. The molecule has 2 heterocycles. The van der Waals surface area contributed by atoms with Crippen molar-refractivity contribution in [1.29, 1.82) is 0 Å². The van der Waals surface area contributed by atoms with Gasteiger partial charge in [0.25, 0.3) is 6.43 Å². The highest BCUT2D eigenvalue weighted by Gasteiger charge is 2.23. The van der Waals surface area contributed by atoms with E-state index >= 15 is 0 Å². The zero-order chi connectivity index (χ0) is 20.9. The van der Waals surface area contributed by atoms with E-state index in [-0.39, 0.29) is 23.9 Å². The summed E-state index contributed by atoms with van der Waals surface area (Å²) < 4.78 is 32.5. The van der Waals surface area contributed by atoms with E-state index in [9.17, 15) is 13.6 Å². The minimum absolute atomic E-state index is 0.00609. The maximum Gasteiger partial charge on any atom is 0.410 e. The largest absolute Gasteiger partial charge is 0.475 e. The molecule has 0 aromatic carbocycles. The minimum Gasteiger partial charge on any atom is -0.475 e. The van der Waals surface area contributed by atoms with Gasteiger partial charge in [0, 0.05) is 18.0 Å². The summed E-state index contributed by atoms with van der Waals surface area (Å²) in [6, 6.07) is 4.23. The Morgan fingerprint density at radius 1 is 1.39 bits per heavy atom. The highest BCUT2D eigenvalue weighted by Crippen LogP contribution is 2.32. The van der Waals surface area contributed by atoms with E-state index in [1.54, 1.807) is 13.0 Å². The number of halogens is 2. The first kappa shape index (κ1) is 21.2. The van der Waals surface area contributed by atoms with Gasteiger partial charge >= 0.3 is 6.09 Å². The van der Waals surface area contributed by atoms with Gasteiger partial charge in [-0.15, -0.1) is 6.58 Å². The first-order valence-corrected chi connectivity index (χ1v) is 8.38. The third-order valence-corrected chi connectivity index (χ3v) is 3.69. The summed E-state index contributed by atoms with van der Waals surface area (Å²) in [5.74, 6) is -0.127. The van der Waals surface area contributed by atoms with E-state index in [0.717, 1.165) is 5.57 Å². The fourth-order valence-corrected chi connectivity index (χ4v) is 2.67. The van der Waals surface area contributed by atoms with Crippen molar-refractivity contribution in [3.05, 3.63) is 48.3 Å². The molecule has 0 aliphatic heterocycles. The molecular formula is C19H22F2N4O3. The summed E-state index contributed by atoms with van der Waals surface area (Å²) in [7, 11) is 0. The Bertz CT molecular complexity index is 872. The van der Waals surface area contributed by atoms with Crippen LogP contribution in [0.4, 0.5) is 19.4 Å². The highest BCUT2D eigenvalue weighted by atomic mass is 19.3. The number of amides is 1. The fourth-order valence-electron chi connectivity index (χ4n) is 2.67. The lowest BCUT2D eigenvalue weighted by atomic mass is 9.96. The number of hydrogen-bond donors (Lipinski definition) is 3. The van der Waals surface area contributed by atoms with Gasteiger partial charge in [-0.05, 0) is 44.0 Å². The molecule has 0 saturated heterocycles. The molecule has 28 heavy (non-hydrogen) atoms. The van der Waals surface area contributed by atoms with Gasteiger partial charge in [0.05, 0.1) is 11.1 Å². The molecule has 0 spiro atoms. The van der Waals surface area contributed by atoms with E-state index in [1.165, 1.54) is 24.5 Å². The second-order valence-corrected chi connectivity index (χ2v) is 6.86. The van der Waals surface area contributed by atoms with Crippen molar-refractivity contribution < 1.29 is 23.4 Å². The molecule has 2 aromatic rings. The Hall–Kier alpha value is -3.07. The zero-order valence-electron chi connectivity index (χ0n) is 15.6. The molecule has 0 fully saturated rings. The second-order valence-electron chi connectivity index (χ2n) is 6.86. The smallest absolute Gasteiger partial charge is 0.410 e. The molecule has 9 heteroatoms. The average molecular weight is 392 g/mol. The summed E-state index contributed by atoms with van der Waals surface area (Å²) in [5, 5.41) is 10.9.